The highest BCUT2D eigenvalue weighted by atomic mass is 35.5. The number of rotatable bonds is 7. The van der Waals surface area contributed by atoms with Crippen molar-refractivity contribution in [3.63, 3.8) is 0 Å². The Bertz CT molecular complexity index is 1030. The summed E-state index contributed by atoms with van der Waals surface area (Å²) in [5.41, 5.74) is 1.38. The number of ether oxygens (including phenoxy) is 2. The lowest BCUT2D eigenvalue weighted by atomic mass is 9.98. The highest BCUT2D eigenvalue weighted by Gasteiger charge is 2.32. The molecule has 4 rings (SSSR count). The molecule has 1 aliphatic carbocycles. The summed E-state index contributed by atoms with van der Waals surface area (Å²) >= 11 is 5.90. The number of halogens is 5. The van der Waals surface area contributed by atoms with Gasteiger partial charge in [-0.05, 0) is 67.0 Å². The lowest BCUT2D eigenvalue weighted by molar-refractivity contribution is -0.274. The number of likely N-dealkylation sites (tertiary alicyclic amines) is 1. The predicted molar refractivity (Wildman–Crippen MR) is 112 cm³/mol. The summed E-state index contributed by atoms with van der Waals surface area (Å²) in [4.78, 5) is 13.4. The molecule has 0 spiro atoms. The monoisotopic (exact) mass is 487 g/mol. The van der Waals surface area contributed by atoms with Crippen molar-refractivity contribution in [2.45, 2.75) is 50.6 Å². The van der Waals surface area contributed by atoms with Crippen LogP contribution in [0.1, 0.15) is 53.1 Å². The molecule has 2 aliphatic rings. The first-order valence-corrected chi connectivity index (χ1v) is 11.0. The second-order valence-corrected chi connectivity index (χ2v) is 8.81. The highest BCUT2D eigenvalue weighted by Crippen LogP contribution is 2.43. The van der Waals surface area contributed by atoms with Crippen molar-refractivity contribution >= 4 is 17.6 Å². The Hall–Kier alpha value is -2.52. The van der Waals surface area contributed by atoms with E-state index in [1.165, 1.54) is 18.2 Å². The zero-order valence-electron chi connectivity index (χ0n) is 17.5. The van der Waals surface area contributed by atoms with Gasteiger partial charge in [0.2, 0.25) is 0 Å². The summed E-state index contributed by atoms with van der Waals surface area (Å²) in [5.74, 6) is -1.98. The van der Waals surface area contributed by atoms with Crippen LogP contribution in [-0.4, -0.2) is 41.5 Å². The molecule has 1 heterocycles. The number of carbonyl (C=O) groups is 1. The minimum absolute atomic E-state index is 0.0728. The minimum atomic E-state index is -4.82. The first-order valence-electron chi connectivity index (χ1n) is 10.6. The van der Waals surface area contributed by atoms with Crippen molar-refractivity contribution in [2.75, 3.05) is 13.1 Å². The molecule has 5 nitrogen and oxygen atoms in total. The van der Waals surface area contributed by atoms with Crippen molar-refractivity contribution in [3.05, 3.63) is 57.9 Å². The van der Waals surface area contributed by atoms with Gasteiger partial charge in [0.25, 0.3) is 0 Å². The molecule has 0 bridgehead atoms. The quantitative estimate of drug-likeness (QED) is 0.486. The van der Waals surface area contributed by atoms with Crippen LogP contribution < -0.4 is 9.47 Å². The first-order chi connectivity index (χ1) is 15.6. The molecule has 1 N–H and O–H groups in total. The van der Waals surface area contributed by atoms with Crippen LogP contribution in [0.2, 0.25) is 5.02 Å². The van der Waals surface area contributed by atoms with Gasteiger partial charge in [-0.3, -0.25) is 4.90 Å². The standard InChI is InChI=1S/C23H22ClF4NO4/c24-15-8-17(10-18(9-15)33-23(26,27)28)32-16-3-5-29(6-4-16)12-14-7-21(25)20(22(30)31)11-19(14)13-1-2-13/h7-11,13,16H,1-6,12H2,(H,30,31). The van der Waals surface area contributed by atoms with Crippen LogP contribution in [0.4, 0.5) is 17.6 Å². The summed E-state index contributed by atoms with van der Waals surface area (Å²) < 4.78 is 61.5. The molecule has 10 heteroatoms. The van der Waals surface area contributed by atoms with Gasteiger partial charge in [-0.25, -0.2) is 9.18 Å². The maximum absolute atomic E-state index is 14.3. The largest absolute Gasteiger partial charge is 0.573 e. The molecular weight excluding hydrogens is 466 g/mol. The molecule has 2 fully saturated rings. The number of nitrogens with zero attached hydrogens (tertiary/aromatic N) is 1. The average Bonchev–Trinajstić information content (AvgIpc) is 3.52. The van der Waals surface area contributed by atoms with Crippen molar-refractivity contribution in [1.82, 2.24) is 4.90 Å². The molecule has 0 atom stereocenters. The Kier molecular flexibility index (Phi) is 6.72. The molecule has 1 saturated heterocycles. The van der Waals surface area contributed by atoms with Crippen LogP contribution in [0, 0.1) is 5.82 Å². The van der Waals surface area contributed by atoms with E-state index in [4.69, 9.17) is 16.3 Å². The third-order valence-electron chi connectivity index (χ3n) is 5.79. The fourth-order valence-electron chi connectivity index (χ4n) is 4.12. The van der Waals surface area contributed by atoms with Gasteiger partial charge in [-0.15, -0.1) is 13.2 Å². The van der Waals surface area contributed by atoms with Crippen LogP contribution in [-0.2, 0) is 6.54 Å². The number of hydrogen-bond acceptors (Lipinski definition) is 4. The molecule has 0 unspecified atom stereocenters. The molecule has 0 radical (unpaired) electrons. The Morgan fingerprint density at radius 1 is 1.06 bits per heavy atom. The van der Waals surface area contributed by atoms with Gasteiger partial charge in [0, 0.05) is 30.7 Å². The molecule has 1 saturated carbocycles. The summed E-state index contributed by atoms with van der Waals surface area (Å²) in [7, 11) is 0. The van der Waals surface area contributed by atoms with Crippen LogP contribution >= 0.6 is 11.6 Å². The number of aromatic carboxylic acids is 1. The molecule has 2 aromatic carbocycles. The molecule has 33 heavy (non-hydrogen) atoms. The smallest absolute Gasteiger partial charge is 0.490 e. The molecule has 1 aliphatic heterocycles. The van der Waals surface area contributed by atoms with Gasteiger partial charge >= 0.3 is 12.3 Å². The van der Waals surface area contributed by atoms with E-state index < -0.39 is 23.9 Å². The number of alkyl halides is 3. The molecular formula is C23H22ClF4NO4. The Balaban J connectivity index is 1.37. The average molecular weight is 488 g/mol. The van der Waals surface area contributed by atoms with E-state index in [1.807, 2.05) is 0 Å². The van der Waals surface area contributed by atoms with E-state index in [0.717, 1.165) is 36.1 Å². The Labute approximate surface area is 192 Å². The third-order valence-corrected chi connectivity index (χ3v) is 6.00. The highest BCUT2D eigenvalue weighted by molar-refractivity contribution is 6.30. The SMILES string of the molecule is O=C(O)c1cc(C2CC2)c(CN2CCC(Oc3cc(Cl)cc(OC(F)(F)F)c3)CC2)cc1F. The van der Waals surface area contributed by atoms with Gasteiger partial charge in [0.1, 0.15) is 23.4 Å². The Morgan fingerprint density at radius 3 is 2.33 bits per heavy atom. The van der Waals surface area contributed by atoms with Crippen LogP contribution in [0.5, 0.6) is 11.5 Å². The lowest BCUT2D eigenvalue weighted by Gasteiger charge is -2.32. The number of piperidine rings is 1. The fraction of sp³-hybridized carbons (Fsp3) is 0.435. The first kappa shape index (κ1) is 23.6. The van der Waals surface area contributed by atoms with Crippen LogP contribution in [0.3, 0.4) is 0 Å². The van der Waals surface area contributed by atoms with Gasteiger partial charge in [-0.1, -0.05) is 11.6 Å². The van der Waals surface area contributed by atoms with Crippen molar-refractivity contribution in [3.8, 4) is 11.5 Å². The number of hydrogen-bond donors (Lipinski definition) is 1. The van der Waals surface area contributed by atoms with Gasteiger partial charge < -0.3 is 14.6 Å². The zero-order chi connectivity index (χ0) is 23.8. The van der Waals surface area contributed by atoms with Crippen LogP contribution in [0.15, 0.2) is 30.3 Å². The predicted octanol–water partition coefficient (Wildman–Crippen LogP) is 6.00. The van der Waals surface area contributed by atoms with Crippen LogP contribution in [0.25, 0.3) is 0 Å². The van der Waals surface area contributed by atoms with Gasteiger partial charge in [0.05, 0.1) is 5.56 Å². The topological polar surface area (TPSA) is 59.0 Å². The maximum atomic E-state index is 14.3. The van der Waals surface area contributed by atoms with Gasteiger partial charge in [-0.2, -0.15) is 0 Å². The second-order valence-electron chi connectivity index (χ2n) is 8.37. The van der Waals surface area contributed by atoms with Crippen molar-refractivity contribution in [1.29, 1.82) is 0 Å². The summed E-state index contributed by atoms with van der Waals surface area (Å²) in [5, 5.41) is 9.28. The molecule has 0 amide bonds. The third kappa shape index (κ3) is 6.29. The molecule has 2 aromatic rings. The van der Waals surface area contributed by atoms with E-state index in [0.29, 0.717) is 32.5 Å². The van der Waals surface area contributed by atoms with Crippen molar-refractivity contribution in [2.24, 2.45) is 0 Å². The minimum Gasteiger partial charge on any atom is -0.490 e. The van der Waals surface area contributed by atoms with Gasteiger partial charge in [0.15, 0.2) is 0 Å². The van der Waals surface area contributed by atoms with E-state index in [9.17, 15) is 27.5 Å². The number of benzene rings is 2. The summed E-state index contributed by atoms with van der Waals surface area (Å²) in [6, 6.07) is 6.44. The lowest BCUT2D eigenvalue weighted by Crippen LogP contribution is -2.38. The van der Waals surface area contributed by atoms with Crippen molar-refractivity contribution < 1.29 is 36.9 Å². The fourth-order valence-corrected chi connectivity index (χ4v) is 4.34. The van der Waals surface area contributed by atoms with E-state index in [-0.39, 0.29) is 28.4 Å². The number of carboxylic acids is 1. The van der Waals surface area contributed by atoms with E-state index >= 15 is 0 Å². The normalized spacial score (nSPS) is 17.7. The molecule has 0 aromatic heterocycles. The summed E-state index contributed by atoms with van der Waals surface area (Å²) in [6.45, 7) is 1.78. The summed E-state index contributed by atoms with van der Waals surface area (Å²) in [6.07, 6.45) is -1.87. The van der Waals surface area contributed by atoms with E-state index in [1.54, 1.807) is 0 Å². The van der Waals surface area contributed by atoms with E-state index in [2.05, 4.69) is 9.64 Å². The second kappa shape index (κ2) is 9.38. The number of carboxylic acid groups (broad SMARTS) is 1. The zero-order valence-corrected chi connectivity index (χ0v) is 18.3. The Morgan fingerprint density at radius 2 is 1.73 bits per heavy atom. The maximum Gasteiger partial charge on any atom is 0.573 e. The molecule has 178 valence electrons.